The quantitative estimate of drug-likeness (QED) is 0.552. The van der Waals surface area contributed by atoms with E-state index in [0.29, 0.717) is 6.54 Å². The van der Waals surface area contributed by atoms with Gasteiger partial charge in [0.15, 0.2) is 0 Å². The summed E-state index contributed by atoms with van der Waals surface area (Å²) < 4.78 is 4.19. The molecule has 1 heterocycles. The van der Waals surface area contributed by atoms with Crippen LogP contribution in [0.1, 0.15) is 51.8 Å². The van der Waals surface area contributed by atoms with Gasteiger partial charge in [0, 0.05) is 6.42 Å². The number of aliphatic carboxylic acids is 1. The predicted octanol–water partition coefficient (Wildman–Crippen LogP) is 2.55. The molecule has 0 amide bonds. The predicted molar refractivity (Wildman–Crippen MR) is 74.9 cm³/mol. The Morgan fingerprint density at radius 3 is 2.68 bits per heavy atom. The fourth-order valence-electron chi connectivity index (χ4n) is 2.30. The molecule has 19 heavy (non-hydrogen) atoms. The van der Waals surface area contributed by atoms with E-state index in [1.54, 1.807) is 6.92 Å². The number of aromatic nitrogens is 2. The molecule has 0 aliphatic heterocycles. The van der Waals surface area contributed by atoms with Crippen LogP contribution in [0, 0.1) is 5.92 Å². The molecular weight excluding hydrogens is 240 g/mol. The average molecular weight is 267 g/mol. The molecule has 1 unspecified atom stereocenters. The molecule has 4 heteroatoms. The number of unbranched alkanes of at least 4 members (excludes halogenated alkanes) is 4. The minimum atomic E-state index is -0.731. The third-order valence-electron chi connectivity index (χ3n) is 3.60. The zero-order valence-electron chi connectivity index (χ0n) is 12.4. The summed E-state index contributed by atoms with van der Waals surface area (Å²) in [7, 11) is 2.03. The van der Waals surface area contributed by atoms with Crippen LogP contribution in [0.25, 0.3) is 0 Å². The number of imidazole rings is 1. The van der Waals surface area contributed by atoms with Crippen molar-refractivity contribution in [2.75, 3.05) is 0 Å². The molecule has 0 spiro atoms. The Kier molecular flexibility index (Phi) is 6.60. The Morgan fingerprint density at radius 2 is 2.05 bits per heavy atom. The minimum Gasteiger partial charge on any atom is -0.481 e. The highest BCUT2D eigenvalue weighted by atomic mass is 16.4. The highest BCUT2D eigenvalue weighted by Gasteiger charge is 2.20. The number of hydrogen-bond donors (Lipinski definition) is 1. The van der Waals surface area contributed by atoms with Crippen LogP contribution in [0.3, 0.4) is 0 Å². The Bertz CT molecular complexity index is 399. The fraction of sp³-hybridized carbons (Fsp3) is 0.733. The number of carbonyl (C=O) groups is 1. The molecule has 1 N–H and O–H groups in total. The van der Waals surface area contributed by atoms with E-state index >= 15 is 0 Å². The lowest BCUT2D eigenvalue weighted by molar-refractivity contribution is -0.678. The molecule has 1 rings (SSSR count). The molecule has 0 aromatic carbocycles. The van der Waals surface area contributed by atoms with Gasteiger partial charge in [0.25, 0.3) is 5.82 Å². The summed E-state index contributed by atoms with van der Waals surface area (Å²) >= 11 is 0. The van der Waals surface area contributed by atoms with E-state index in [-0.39, 0.29) is 5.92 Å². The summed E-state index contributed by atoms with van der Waals surface area (Å²) in [6, 6.07) is 0. The number of aryl methyl sites for hydroxylation is 1. The van der Waals surface area contributed by atoms with E-state index in [4.69, 9.17) is 5.11 Å². The van der Waals surface area contributed by atoms with Crippen molar-refractivity contribution in [2.45, 2.75) is 58.9 Å². The largest absolute Gasteiger partial charge is 0.481 e. The van der Waals surface area contributed by atoms with Crippen molar-refractivity contribution in [2.24, 2.45) is 13.0 Å². The van der Waals surface area contributed by atoms with E-state index in [0.717, 1.165) is 6.42 Å². The zero-order chi connectivity index (χ0) is 14.3. The summed E-state index contributed by atoms with van der Waals surface area (Å²) in [6.07, 6.45) is 11.3. The number of rotatable bonds is 9. The van der Waals surface area contributed by atoms with Crippen molar-refractivity contribution in [1.29, 1.82) is 0 Å². The van der Waals surface area contributed by atoms with Crippen LogP contribution in [0.15, 0.2) is 12.4 Å². The van der Waals surface area contributed by atoms with Crippen molar-refractivity contribution in [1.82, 2.24) is 4.57 Å². The standard InChI is InChI=1S/C15H26N2O2/c1-4-5-6-7-8-9-14-16(3)10-11-17(14)12-13(2)15(18)19/h10-11,13H,4-9,12H2,1-3H3/p+1. The number of carboxylic acid groups (broad SMARTS) is 1. The fourth-order valence-corrected chi connectivity index (χ4v) is 2.30. The maximum atomic E-state index is 10.9. The Hall–Kier alpha value is -1.32. The van der Waals surface area contributed by atoms with Gasteiger partial charge < -0.3 is 5.11 Å². The summed E-state index contributed by atoms with van der Waals surface area (Å²) in [4.78, 5) is 10.9. The van der Waals surface area contributed by atoms with Gasteiger partial charge in [-0.25, -0.2) is 9.13 Å². The topological polar surface area (TPSA) is 46.1 Å². The van der Waals surface area contributed by atoms with Crippen molar-refractivity contribution in [3.05, 3.63) is 18.2 Å². The number of hydrogen-bond acceptors (Lipinski definition) is 1. The van der Waals surface area contributed by atoms with Crippen LogP contribution in [0.2, 0.25) is 0 Å². The van der Waals surface area contributed by atoms with Gasteiger partial charge in [0.1, 0.15) is 18.9 Å². The zero-order valence-corrected chi connectivity index (χ0v) is 12.4. The molecule has 1 aromatic heterocycles. The van der Waals surface area contributed by atoms with Crippen LogP contribution in [-0.4, -0.2) is 15.6 Å². The molecule has 4 nitrogen and oxygen atoms in total. The highest BCUT2D eigenvalue weighted by molar-refractivity contribution is 5.69. The molecule has 0 saturated carbocycles. The SMILES string of the molecule is CCCCCCCc1n(CC(C)C(=O)O)cc[n+]1C. The molecule has 0 radical (unpaired) electrons. The Balaban J connectivity index is 2.52. The van der Waals surface area contributed by atoms with Crippen LogP contribution in [-0.2, 0) is 24.8 Å². The molecule has 0 aliphatic carbocycles. The monoisotopic (exact) mass is 267 g/mol. The Labute approximate surface area is 116 Å². The van der Waals surface area contributed by atoms with Crippen LogP contribution >= 0.6 is 0 Å². The van der Waals surface area contributed by atoms with Gasteiger partial charge in [-0.2, -0.15) is 0 Å². The highest BCUT2D eigenvalue weighted by Crippen LogP contribution is 2.09. The average Bonchev–Trinajstić information content (AvgIpc) is 2.70. The van der Waals surface area contributed by atoms with E-state index in [1.165, 1.54) is 37.9 Å². The van der Waals surface area contributed by atoms with E-state index in [2.05, 4.69) is 16.1 Å². The van der Waals surface area contributed by atoms with Crippen molar-refractivity contribution >= 4 is 5.97 Å². The molecule has 0 fully saturated rings. The van der Waals surface area contributed by atoms with Gasteiger partial charge in [0.2, 0.25) is 0 Å². The lowest BCUT2D eigenvalue weighted by Crippen LogP contribution is -2.33. The second-order valence-electron chi connectivity index (χ2n) is 5.38. The molecule has 1 aromatic rings. The molecule has 1 atom stereocenters. The third kappa shape index (κ3) is 5.05. The molecule has 108 valence electrons. The van der Waals surface area contributed by atoms with Crippen LogP contribution in [0.4, 0.5) is 0 Å². The Morgan fingerprint density at radius 1 is 1.37 bits per heavy atom. The lowest BCUT2D eigenvalue weighted by Gasteiger charge is -2.06. The van der Waals surface area contributed by atoms with Crippen LogP contribution < -0.4 is 4.57 Å². The van der Waals surface area contributed by atoms with Gasteiger partial charge >= 0.3 is 5.97 Å². The van der Waals surface area contributed by atoms with E-state index in [1.807, 2.05) is 19.4 Å². The van der Waals surface area contributed by atoms with Crippen molar-refractivity contribution < 1.29 is 14.5 Å². The second kappa shape index (κ2) is 7.97. The van der Waals surface area contributed by atoms with Crippen LogP contribution in [0.5, 0.6) is 0 Å². The maximum absolute atomic E-state index is 10.9. The summed E-state index contributed by atoms with van der Waals surface area (Å²) in [5.74, 6) is 0.154. The van der Waals surface area contributed by atoms with Gasteiger partial charge in [-0.3, -0.25) is 4.79 Å². The second-order valence-corrected chi connectivity index (χ2v) is 5.38. The third-order valence-corrected chi connectivity index (χ3v) is 3.60. The molecule has 0 saturated heterocycles. The normalized spacial score (nSPS) is 12.6. The smallest absolute Gasteiger partial charge is 0.310 e. The van der Waals surface area contributed by atoms with Gasteiger partial charge in [-0.1, -0.05) is 32.6 Å². The minimum absolute atomic E-state index is 0.341. The maximum Gasteiger partial charge on any atom is 0.310 e. The first kappa shape index (κ1) is 15.7. The summed E-state index contributed by atoms with van der Waals surface area (Å²) in [5, 5.41) is 8.99. The molecular formula is C15H27N2O2+. The number of carboxylic acids is 1. The first-order valence-electron chi connectivity index (χ1n) is 7.32. The van der Waals surface area contributed by atoms with Gasteiger partial charge in [0.05, 0.1) is 13.0 Å². The van der Waals surface area contributed by atoms with Gasteiger partial charge in [-0.15, -0.1) is 0 Å². The van der Waals surface area contributed by atoms with Crippen molar-refractivity contribution in [3.63, 3.8) is 0 Å². The molecule has 0 aliphatic rings. The summed E-state index contributed by atoms with van der Waals surface area (Å²) in [5.41, 5.74) is 0. The summed E-state index contributed by atoms with van der Waals surface area (Å²) in [6.45, 7) is 4.53. The number of nitrogens with zero attached hydrogens (tertiary/aromatic N) is 2. The van der Waals surface area contributed by atoms with E-state index in [9.17, 15) is 4.79 Å². The first-order chi connectivity index (χ1) is 9.06. The van der Waals surface area contributed by atoms with Gasteiger partial charge in [-0.05, 0) is 13.3 Å². The molecule has 0 bridgehead atoms. The first-order valence-corrected chi connectivity index (χ1v) is 7.32. The lowest BCUT2D eigenvalue weighted by atomic mass is 10.1. The van der Waals surface area contributed by atoms with Crippen molar-refractivity contribution in [3.8, 4) is 0 Å². The van der Waals surface area contributed by atoms with E-state index < -0.39 is 5.97 Å².